The summed E-state index contributed by atoms with van der Waals surface area (Å²) in [4.78, 5) is 28.3. The van der Waals surface area contributed by atoms with E-state index in [1.54, 1.807) is 24.0 Å². The molecule has 1 aromatic carbocycles. The Labute approximate surface area is 176 Å². The molecule has 7 nitrogen and oxygen atoms in total. The van der Waals surface area contributed by atoms with Crippen LogP contribution in [0.15, 0.2) is 12.1 Å². The van der Waals surface area contributed by atoms with Crippen molar-refractivity contribution in [1.82, 2.24) is 9.80 Å². The van der Waals surface area contributed by atoms with Gasteiger partial charge in [-0.15, -0.1) is 0 Å². The fraction of sp³-hybridized carbons (Fsp3) is 0.636. The smallest absolute Gasteiger partial charge is 0.410 e. The number of piperazine rings is 1. The van der Waals surface area contributed by atoms with Gasteiger partial charge in [0.25, 0.3) is 0 Å². The summed E-state index contributed by atoms with van der Waals surface area (Å²) in [5.74, 6) is -0.844. The van der Waals surface area contributed by atoms with Gasteiger partial charge in [0.15, 0.2) is 0 Å². The van der Waals surface area contributed by atoms with Crippen molar-refractivity contribution in [1.29, 1.82) is 0 Å². The summed E-state index contributed by atoms with van der Waals surface area (Å²) in [7, 11) is 0. The molecule has 3 heterocycles. The van der Waals surface area contributed by atoms with Crippen molar-refractivity contribution in [2.24, 2.45) is 0 Å². The Morgan fingerprint density at radius 1 is 1.23 bits per heavy atom. The highest BCUT2D eigenvalue weighted by Crippen LogP contribution is 2.33. The number of fused-ring (bicyclic) bond motifs is 2. The average molecular weight is 420 g/mol. The first kappa shape index (κ1) is 21.1. The number of carbonyl (C=O) groups is 2. The van der Waals surface area contributed by atoms with Crippen LogP contribution >= 0.6 is 0 Å². The number of cyclic esters (lactones) is 1. The highest BCUT2D eigenvalue weighted by atomic mass is 19.1. The number of halogens is 1. The van der Waals surface area contributed by atoms with E-state index in [4.69, 9.17) is 14.2 Å². The molecule has 2 fully saturated rings. The zero-order chi connectivity index (χ0) is 21.6. The van der Waals surface area contributed by atoms with Crippen molar-refractivity contribution in [3.63, 3.8) is 0 Å². The lowest BCUT2D eigenvalue weighted by Gasteiger charge is -2.46. The van der Waals surface area contributed by atoms with Gasteiger partial charge < -0.3 is 19.1 Å². The number of amides is 1. The number of esters is 1. The standard InChI is InChI=1S/C22H29FN2O5/c1-13-9-17-15(20(26)29-13)5-6-16(19(17)23)18-11-24-7-8-25(10-14(24)12-28-18)21(27)30-22(2,3)4/h5-6,13-14,18H,7-12H2,1-4H3/t13-,14-,18-/m1/s1. The molecule has 3 atom stereocenters. The SMILES string of the molecule is C[C@@H]1Cc2c(ccc([C@H]3CN4CCN(C(=O)OC(C)(C)C)C[C@@H]4CO3)c2F)C(=O)O1. The Kier molecular flexibility index (Phi) is 5.48. The lowest BCUT2D eigenvalue weighted by atomic mass is 9.93. The molecule has 0 radical (unpaired) electrons. The van der Waals surface area contributed by atoms with Crippen LogP contribution in [-0.4, -0.2) is 72.4 Å². The third kappa shape index (κ3) is 4.16. The van der Waals surface area contributed by atoms with Crippen LogP contribution < -0.4 is 0 Å². The molecule has 8 heteroatoms. The van der Waals surface area contributed by atoms with E-state index in [1.807, 2.05) is 20.8 Å². The zero-order valence-electron chi connectivity index (χ0n) is 17.9. The zero-order valence-corrected chi connectivity index (χ0v) is 17.9. The number of hydrogen-bond acceptors (Lipinski definition) is 6. The van der Waals surface area contributed by atoms with Gasteiger partial charge in [0.05, 0.1) is 24.3 Å². The molecule has 2 saturated heterocycles. The Hall–Kier alpha value is -2.19. The summed E-state index contributed by atoms with van der Waals surface area (Å²) < 4.78 is 31.9. The van der Waals surface area contributed by atoms with Gasteiger partial charge in [-0.1, -0.05) is 6.07 Å². The minimum Gasteiger partial charge on any atom is -0.459 e. The second-order valence-electron chi connectivity index (χ2n) is 9.31. The summed E-state index contributed by atoms with van der Waals surface area (Å²) in [6.45, 7) is 10.0. The quantitative estimate of drug-likeness (QED) is 0.651. The Balaban J connectivity index is 1.44. The third-order valence-electron chi connectivity index (χ3n) is 5.79. The van der Waals surface area contributed by atoms with Gasteiger partial charge in [0.1, 0.15) is 17.5 Å². The van der Waals surface area contributed by atoms with Crippen LogP contribution in [0.2, 0.25) is 0 Å². The molecular formula is C22H29FN2O5. The van der Waals surface area contributed by atoms with Crippen LogP contribution in [0.1, 0.15) is 55.3 Å². The fourth-order valence-corrected chi connectivity index (χ4v) is 4.32. The van der Waals surface area contributed by atoms with Crippen LogP contribution in [0.5, 0.6) is 0 Å². The van der Waals surface area contributed by atoms with Crippen LogP contribution in [0, 0.1) is 5.82 Å². The Morgan fingerprint density at radius 3 is 2.73 bits per heavy atom. The normalized spacial score (nSPS) is 27.2. The summed E-state index contributed by atoms with van der Waals surface area (Å²) in [6.07, 6.45) is -0.698. The Bertz CT molecular complexity index is 853. The van der Waals surface area contributed by atoms with E-state index in [0.717, 1.165) is 0 Å². The second-order valence-corrected chi connectivity index (χ2v) is 9.31. The van der Waals surface area contributed by atoms with Crippen LogP contribution in [0.4, 0.5) is 9.18 Å². The molecule has 0 saturated carbocycles. The predicted octanol–water partition coefficient (Wildman–Crippen LogP) is 2.92. The summed E-state index contributed by atoms with van der Waals surface area (Å²) >= 11 is 0. The molecule has 0 spiro atoms. The van der Waals surface area contributed by atoms with Gasteiger partial charge in [-0.25, -0.2) is 14.0 Å². The molecule has 3 aliphatic rings. The van der Waals surface area contributed by atoms with Gasteiger partial charge in [0.2, 0.25) is 0 Å². The van der Waals surface area contributed by atoms with Crippen molar-refractivity contribution in [3.8, 4) is 0 Å². The van der Waals surface area contributed by atoms with E-state index in [-0.39, 0.29) is 24.1 Å². The molecule has 0 aliphatic carbocycles. The van der Waals surface area contributed by atoms with Crippen molar-refractivity contribution < 1.29 is 28.2 Å². The van der Waals surface area contributed by atoms with Gasteiger partial charge in [-0.2, -0.15) is 0 Å². The van der Waals surface area contributed by atoms with Crippen LogP contribution in [0.25, 0.3) is 0 Å². The largest absolute Gasteiger partial charge is 0.459 e. The Morgan fingerprint density at radius 2 is 2.00 bits per heavy atom. The average Bonchev–Trinajstić information content (AvgIpc) is 2.66. The number of ether oxygens (including phenoxy) is 3. The molecule has 0 bridgehead atoms. The van der Waals surface area contributed by atoms with Gasteiger partial charge in [0, 0.05) is 43.7 Å². The van der Waals surface area contributed by atoms with Gasteiger partial charge in [-0.05, 0) is 33.8 Å². The lowest BCUT2D eigenvalue weighted by molar-refractivity contribution is -0.0916. The van der Waals surface area contributed by atoms with Crippen molar-refractivity contribution in [2.75, 3.05) is 32.8 Å². The number of hydrogen-bond donors (Lipinski definition) is 0. The van der Waals surface area contributed by atoms with Crippen molar-refractivity contribution in [3.05, 3.63) is 34.6 Å². The van der Waals surface area contributed by atoms with Gasteiger partial charge >= 0.3 is 12.1 Å². The van der Waals surface area contributed by atoms with Crippen molar-refractivity contribution in [2.45, 2.75) is 58.0 Å². The molecule has 0 N–H and O–H groups in total. The van der Waals surface area contributed by atoms with E-state index in [9.17, 15) is 9.59 Å². The topological polar surface area (TPSA) is 68.3 Å². The molecule has 1 amide bonds. The van der Waals surface area contributed by atoms with E-state index in [2.05, 4.69) is 4.90 Å². The van der Waals surface area contributed by atoms with Crippen molar-refractivity contribution >= 4 is 12.1 Å². The number of benzene rings is 1. The first-order valence-corrected chi connectivity index (χ1v) is 10.5. The summed E-state index contributed by atoms with van der Waals surface area (Å²) in [5.41, 5.74) is 0.658. The third-order valence-corrected chi connectivity index (χ3v) is 5.79. The molecule has 4 rings (SSSR count). The summed E-state index contributed by atoms with van der Waals surface area (Å²) in [5, 5.41) is 0. The molecule has 3 aliphatic heterocycles. The first-order chi connectivity index (χ1) is 14.1. The minimum absolute atomic E-state index is 0.0539. The molecule has 0 aromatic heterocycles. The van der Waals surface area contributed by atoms with E-state index in [1.165, 1.54) is 0 Å². The summed E-state index contributed by atoms with van der Waals surface area (Å²) in [6, 6.07) is 3.32. The van der Waals surface area contributed by atoms with E-state index < -0.39 is 17.7 Å². The highest BCUT2D eigenvalue weighted by Gasteiger charge is 2.38. The highest BCUT2D eigenvalue weighted by molar-refractivity contribution is 5.92. The first-order valence-electron chi connectivity index (χ1n) is 10.5. The number of morpholine rings is 1. The molecule has 164 valence electrons. The van der Waals surface area contributed by atoms with E-state index in [0.29, 0.717) is 55.9 Å². The molecule has 0 unspecified atom stereocenters. The maximum atomic E-state index is 15.3. The molecule has 1 aromatic rings. The predicted molar refractivity (Wildman–Crippen MR) is 107 cm³/mol. The maximum absolute atomic E-state index is 15.3. The minimum atomic E-state index is -0.531. The number of carbonyl (C=O) groups excluding carboxylic acids is 2. The fourth-order valence-electron chi connectivity index (χ4n) is 4.32. The van der Waals surface area contributed by atoms with Gasteiger partial charge in [-0.3, -0.25) is 4.90 Å². The molecule has 30 heavy (non-hydrogen) atoms. The lowest BCUT2D eigenvalue weighted by Crippen LogP contribution is -2.60. The van der Waals surface area contributed by atoms with Crippen LogP contribution in [-0.2, 0) is 20.6 Å². The number of rotatable bonds is 1. The molecular weight excluding hydrogens is 391 g/mol. The second kappa shape index (κ2) is 7.81. The van der Waals surface area contributed by atoms with Crippen LogP contribution in [0.3, 0.4) is 0 Å². The monoisotopic (exact) mass is 420 g/mol. The van der Waals surface area contributed by atoms with E-state index >= 15 is 4.39 Å². The maximum Gasteiger partial charge on any atom is 0.410 e. The number of nitrogens with zero attached hydrogens (tertiary/aromatic N) is 2.